The lowest BCUT2D eigenvalue weighted by molar-refractivity contribution is -0.152. The molecule has 0 aromatic rings. The molecule has 1 aliphatic heterocycles. The van der Waals surface area contributed by atoms with Gasteiger partial charge in [0.2, 0.25) is 0 Å². The number of rotatable bonds is 3. The average Bonchev–Trinajstić information content (AvgIpc) is 2.20. The largest absolute Gasteiger partial charge is 0.469 e. The molecule has 1 heterocycles. The number of carbonyl (C=O) groups excluding carboxylic acids is 1. The zero-order valence-corrected chi connectivity index (χ0v) is 9.95. The van der Waals surface area contributed by atoms with Crippen LogP contribution in [0.2, 0.25) is 0 Å². The van der Waals surface area contributed by atoms with Crippen molar-refractivity contribution in [3.63, 3.8) is 0 Å². The predicted molar refractivity (Wildman–Crippen MR) is 59.4 cm³/mol. The van der Waals surface area contributed by atoms with Crippen LogP contribution in [0, 0.1) is 5.41 Å². The van der Waals surface area contributed by atoms with Crippen LogP contribution < -0.4 is 5.73 Å². The standard InChI is InChI=1S/C11H22N2O2/c1-11(2,10(14)15-3)8-13-6-4-9(12)5-7-13/h9H,4-8,12H2,1-3H3. The third-order valence-electron chi connectivity index (χ3n) is 2.99. The van der Waals surface area contributed by atoms with Crippen molar-refractivity contribution in [3.8, 4) is 0 Å². The number of hydrogen-bond acceptors (Lipinski definition) is 4. The Morgan fingerprint density at radius 1 is 1.47 bits per heavy atom. The monoisotopic (exact) mass is 214 g/mol. The Balaban J connectivity index is 2.43. The molecule has 15 heavy (non-hydrogen) atoms. The van der Waals surface area contributed by atoms with Crippen LogP contribution >= 0.6 is 0 Å². The molecule has 2 N–H and O–H groups in total. The van der Waals surface area contributed by atoms with E-state index in [1.165, 1.54) is 7.11 Å². The van der Waals surface area contributed by atoms with E-state index in [4.69, 9.17) is 10.5 Å². The lowest BCUT2D eigenvalue weighted by Gasteiger charge is -2.35. The molecule has 88 valence electrons. The highest BCUT2D eigenvalue weighted by molar-refractivity contribution is 5.76. The number of piperidine rings is 1. The summed E-state index contributed by atoms with van der Waals surface area (Å²) >= 11 is 0. The first-order chi connectivity index (χ1) is 6.95. The quantitative estimate of drug-likeness (QED) is 0.699. The Hall–Kier alpha value is -0.610. The molecule has 1 saturated heterocycles. The number of carbonyl (C=O) groups is 1. The van der Waals surface area contributed by atoms with Crippen LogP contribution in [0.4, 0.5) is 0 Å². The molecule has 0 aromatic carbocycles. The number of nitrogens with zero attached hydrogens (tertiary/aromatic N) is 1. The molecule has 0 spiro atoms. The summed E-state index contributed by atoms with van der Waals surface area (Å²) in [7, 11) is 1.44. The molecule has 0 bridgehead atoms. The summed E-state index contributed by atoms with van der Waals surface area (Å²) in [4.78, 5) is 13.8. The third-order valence-corrected chi connectivity index (χ3v) is 2.99. The summed E-state index contributed by atoms with van der Waals surface area (Å²) in [6.45, 7) is 6.58. The first-order valence-corrected chi connectivity index (χ1v) is 5.52. The molecular weight excluding hydrogens is 192 g/mol. The van der Waals surface area contributed by atoms with E-state index in [-0.39, 0.29) is 5.97 Å². The number of likely N-dealkylation sites (tertiary alicyclic amines) is 1. The second-order valence-corrected chi connectivity index (χ2v) is 4.99. The highest BCUT2D eigenvalue weighted by Crippen LogP contribution is 2.21. The van der Waals surface area contributed by atoms with Crippen LogP contribution in [0.25, 0.3) is 0 Å². The van der Waals surface area contributed by atoms with Gasteiger partial charge in [0.15, 0.2) is 0 Å². The third kappa shape index (κ3) is 3.47. The highest BCUT2D eigenvalue weighted by atomic mass is 16.5. The maximum Gasteiger partial charge on any atom is 0.312 e. The zero-order valence-electron chi connectivity index (χ0n) is 9.95. The second-order valence-electron chi connectivity index (χ2n) is 4.99. The van der Waals surface area contributed by atoms with Gasteiger partial charge in [0, 0.05) is 12.6 Å². The first kappa shape index (κ1) is 12.5. The Bertz CT molecular complexity index is 221. The number of nitrogens with two attached hydrogens (primary N) is 1. The van der Waals surface area contributed by atoms with Crippen molar-refractivity contribution in [2.45, 2.75) is 32.7 Å². The van der Waals surface area contributed by atoms with Crippen LogP contribution in [0.1, 0.15) is 26.7 Å². The van der Waals surface area contributed by atoms with Crippen LogP contribution in [0.3, 0.4) is 0 Å². The van der Waals surface area contributed by atoms with Gasteiger partial charge >= 0.3 is 5.97 Å². The van der Waals surface area contributed by atoms with E-state index in [1.807, 2.05) is 13.8 Å². The fourth-order valence-electron chi connectivity index (χ4n) is 2.01. The smallest absolute Gasteiger partial charge is 0.312 e. The van der Waals surface area contributed by atoms with Crippen molar-refractivity contribution < 1.29 is 9.53 Å². The van der Waals surface area contributed by atoms with Gasteiger partial charge in [0.1, 0.15) is 0 Å². The van der Waals surface area contributed by atoms with Gasteiger partial charge in [-0.1, -0.05) is 0 Å². The van der Waals surface area contributed by atoms with Gasteiger partial charge in [-0.15, -0.1) is 0 Å². The van der Waals surface area contributed by atoms with Crippen molar-refractivity contribution in [2.24, 2.45) is 11.1 Å². The molecule has 4 heteroatoms. The minimum Gasteiger partial charge on any atom is -0.469 e. The van der Waals surface area contributed by atoms with Gasteiger partial charge in [-0.05, 0) is 39.8 Å². The van der Waals surface area contributed by atoms with Crippen molar-refractivity contribution in [2.75, 3.05) is 26.7 Å². The molecular formula is C11H22N2O2. The van der Waals surface area contributed by atoms with Crippen LogP contribution in [-0.4, -0.2) is 43.7 Å². The molecule has 0 amide bonds. The minimum absolute atomic E-state index is 0.141. The number of methoxy groups -OCH3 is 1. The number of hydrogen-bond donors (Lipinski definition) is 1. The lowest BCUT2D eigenvalue weighted by Crippen LogP contribution is -2.46. The number of ether oxygens (including phenoxy) is 1. The maximum absolute atomic E-state index is 11.5. The van der Waals surface area contributed by atoms with Crippen LogP contribution in [-0.2, 0) is 9.53 Å². The average molecular weight is 214 g/mol. The SMILES string of the molecule is COC(=O)C(C)(C)CN1CCC(N)CC1. The molecule has 0 saturated carbocycles. The van der Waals surface area contributed by atoms with Gasteiger partial charge in [-0.2, -0.15) is 0 Å². The lowest BCUT2D eigenvalue weighted by atomic mass is 9.91. The molecule has 0 atom stereocenters. The fraction of sp³-hybridized carbons (Fsp3) is 0.909. The van der Waals surface area contributed by atoms with Gasteiger partial charge in [0.25, 0.3) is 0 Å². The summed E-state index contributed by atoms with van der Waals surface area (Å²) in [6.07, 6.45) is 2.05. The van der Waals surface area contributed by atoms with Crippen molar-refractivity contribution >= 4 is 5.97 Å². The van der Waals surface area contributed by atoms with Crippen LogP contribution in [0.5, 0.6) is 0 Å². The van der Waals surface area contributed by atoms with E-state index < -0.39 is 5.41 Å². The molecule has 1 aliphatic rings. The Morgan fingerprint density at radius 3 is 2.47 bits per heavy atom. The molecule has 0 radical (unpaired) electrons. The van der Waals surface area contributed by atoms with E-state index in [1.54, 1.807) is 0 Å². The van der Waals surface area contributed by atoms with Gasteiger partial charge in [-0.3, -0.25) is 4.79 Å². The molecule has 0 unspecified atom stereocenters. The molecule has 0 aliphatic carbocycles. The first-order valence-electron chi connectivity index (χ1n) is 5.52. The normalized spacial score (nSPS) is 20.3. The topological polar surface area (TPSA) is 55.6 Å². The highest BCUT2D eigenvalue weighted by Gasteiger charge is 2.32. The van der Waals surface area contributed by atoms with Crippen molar-refractivity contribution in [3.05, 3.63) is 0 Å². The number of esters is 1. The summed E-state index contributed by atoms with van der Waals surface area (Å²) in [5.41, 5.74) is 5.41. The van der Waals surface area contributed by atoms with Gasteiger partial charge in [-0.25, -0.2) is 0 Å². The molecule has 1 rings (SSSR count). The van der Waals surface area contributed by atoms with E-state index in [9.17, 15) is 4.79 Å². The summed E-state index contributed by atoms with van der Waals surface area (Å²) in [5.74, 6) is -0.141. The summed E-state index contributed by atoms with van der Waals surface area (Å²) in [5, 5.41) is 0. The van der Waals surface area contributed by atoms with E-state index in [0.29, 0.717) is 6.04 Å². The van der Waals surface area contributed by atoms with E-state index >= 15 is 0 Å². The molecule has 4 nitrogen and oxygen atoms in total. The minimum atomic E-state index is -0.420. The second kappa shape index (κ2) is 4.94. The van der Waals surface area contributed by atoms with E-state index in [0.717, 1.165) is 32.5 Å². The van der Waals surface area contributed by atoms with E-state index in [2.05, 4.69) is 4.90 Å². The van der Waals surface area contributed by atoms with Gasteiger partial charge in [0.05, 0.1) is 12.5 Å². The van der Waals surface area contributed by atoms with Crippen molar-refractivity contribution in [1.29, 1.82) is 0 Å². The molecule has 1 fully saturated rings. The summed E-state index contributed by atoms with van der Waals surface area (Å²) < 4.78 is 4.79. The Labute approximate surface area is 91.8 Å². The fourth-order valence-corrected chi connectivity index (χ4v) is 2.01. The Kier molecular flexibility index (Phi) is 4.11. The van der Waals surface area contributed by atoms with Crippen molar-refractivity contribution in [1.82, 2.24) is 4.90 Å². The maximum atomic E-state index is 11.5. The predicted octanol–water partition coefficient (Wildman–Crippen LogP) is 0.609. The Morgan fingerprint density at radius 2 is 2.00 bits per heavy atom. The molecule has 0 aromatic heterocycles. The summed E-state index contributed by atoms with van der Waals surface area (Å²) in [6, 6.07) is 0.336. The van der Waals surface area contributed by atoms with Gasteiger partial charge < -0.3 is 15.4 Å². The zero-order chi connectivity index (χ0) is 11.5. The van der Waals surface area contributed by atoms with Crippen LogP contribution in [0.15, 0.2) is 0 Å².